The zero-order valence-corrected chi connectivity index (χ0v) is 19.6. The van der Waals surface area contributed by atoms with Gasteiger partial charge in [-0.25, -0.2) is 14.2 Å². The van der Waals surface area contributed by atoms with E-state index in [9.17, 15) is 9.59 Å². The Morgan fingerprint density at radius 2 is 1.66 bits per heavy atom. The van der Waals surface area contributed by atoms with Crippen LogP contribution in [0.4, 0.5) is 9.59 Å². The zero-order chi connectivity index (χ0) is 22.8. The van der Waals surface area contributed by atoms with E-state index in [-0.39, 0.29) is 13.2 Å². The van der Waals surface area contributed by atoms with E-state index >= 15 is 0 Å². The van der Waals surface area contributed by atoms with Crippen LogP contribution in [0.1, 0.15) is 19.4 Å². The third-order valence-electron chi connectivity index (χ3n) is 5.19. The molecular weight excluding hydrogens is 474 g/mol. The second kappa shape index (κ2) is 9.04. The molecule has 0 bridgehead atoms. The monoisotopic (exact) mass is 495 g/mol. The van der Waals surface area contributed by atoms with Gasteiger partial charge in [-0.15, -0.1) is 0 Å². The van der Waals surface area contributed by atoms with Gasteiger partial charge in [-0.1, -0.05) is 46.3 Å². The van der Waals surface area contributed by atoms with Crippen LogP contribution in [0, 0.1) is 6.92 Å². The van der Waals surface area contributed by atoms with Crippen molar-refractivity contribution in [1.29, 1.82) is 0 Å². The molecule has 0 radical (unpaired) electrons. The first-order valence-corrected chi connectivity index (χ1v) is 11.1. The molecule has 164 valence electrons. The van der Waals surface area contributed by atoms with Gasteiger partial charge in [0, 0.05) is 26.4 Å². The van der Waals surface area contributed by atoms with E-state index in [1.54, 1.807) is 24.5 Å². The quantitative estimate of drug-likeness (QED) is 0.223. The molecule has 0 aliphatic heterocycles. The highest BCUT2D eigenvalue weighted by Crippen LogP contribution is 2.43. The minimum absolute atomic E-state index is 0.209. The first-order valence-electron chi connectivity index (χ1n) is 10.3. The van der Waals surface area contributed by atoms with Gasteiger partial charge in [0.25, 0.3) is 0 Å². The molecule has 7 heteroatoms. The molecule has 0 saturated carbocycles. The SMILES string of the molecule is CCOC(=O)Oc1cc2c3cc(Br)ccc3n(C(=O)OCC)c2c(-c2ccccc2)c1C. The minimum atomic E-state index is -0.774. The molecular formula is C25H22BrNO5. The number of hydrogen-bond donors (Lipinski definition) is 0. The fourth-order valence-electron chi connectivity index (χ4n) is 3.90. The largest absolute Gasteiger partial charge is 0.513 e. The lowest BCUT2D eigenvalue weighted by Gasteiger charge is -2.16. The fourth-order valence-corrected chi connectivity index (χ4v) is 4.26. The number of carbonyl (C=O) groups excluding carboxylic acids is 2. The summed E-state index contributed by atoms with van der Waals surface area (Å²) in [4.78, 5) is 25.2. The maximum atomic E-state index is 13.1. The standard InChI is InChI=1S/C25H22BrNO5/c1-4-30-24(28)27-20-12-11-17(26)13-18(20)19-14-21(32-25(29)31-5-2)15(3)22(23(19)27)16-9-7-6-8-10-16/h6-14H,4-5H2,1-3H3. The minimum Gasteiger partial charge on any atom is -0.449 e. The second-order valence-electron chi connectivity index (χ2n) is 7.12. The molecule has 0 aliphatic carbocycles. The van der Waals surface area contributed by atoms with Crippen LogP contribution in [0.25, 0.3) is 32.9 Å². The number of benzene rings is 3. The summed E-state index contributed by atoms with van der Waals surface area (Å²) in [5.74, 6) is 0.373. The van der Waals surface area contributed by atoms with Gasteiger partial charge < -0.3 is 14.2 Å². The van der Waals surface area contributed by atoms with Crippen molar-refractivity contribution in [1.82, 2.24) is 4.57 Å². The fraction of sp³-hybridized carbons (Fsp3) is 0.200. The average Bonchev–Trinajstić information content (AvgIpc) is 3.08. The molecule has 1 heterocycles. The lowest BCUT2D eigenvalue weighted by molar-refractivity contribution is 0.104. The first kappa shape index (κ1) is 21.9. The zero-order valence-electron chi connectivity index (χ0n) is 18.0. The van der Waals surface area contributed by atoms with E-state index in [4.69, 9.17) is 14.2 Å². The topological polar surface area (TPSA) is 66.8 Å². The summed E-state index contributed by atoms with van der Waals surface area (Å²) in [6.45, 7) is 5.81. The predicted molar refractivity (Wildman–Crippen MR) is 127 cm³/mol. The number of carbonyl (C=O) groups is 2. The van der Waals surface area contributed by atoms with Crippen LogP contribution in [0.5, 0.6) is 5.75 Å². The highest BCUT2D eigenvalue weighted by Gasteiger charge is 2.25. The Morgan fingerprint density at radius 1 is 0.938 bits per heavy atom. The van der Waals surface area contributed by atoms with Gasteiger partial charge >= 0.3 is 12.2 Å². The highest BCUT2D eigenvalue weighted by molar-refractivity contribution is 9.10. The molecule has 6 nitrogen and oxygen atoms in total. The van der Waals surface area contributed by atoms with Crippen LogP contribution in [0.2, 0.25) is 0 Å². The van der Waals surface area contributed by atoms with Crippen molar-refractivity contribution < 1.29 is 23.8 Å². The molecule has 0 saturated heterocycles. The number of aromatic nitrogens is 1. The van der Waals surface area contributed by atoms with Gasteiger partial charge in [0.15, 0.2) is 0 Å². The maximum absolute atomic E-state index is 13.1. The Balaban J connectivity index is 2.15. The average molecular weight is 496 g/mol. The third kappa shape index (κ3) is 3.84. The first-order chi connectivity index (χ1) is 15.5. The Kier molecular flexibility index (Phi) is 6.19. The van der Waals surface area contributed by atoms with E-state index in [1.165, 1.54) is 0 Å². The van der Waals surface area contributed by atoms with Gasteiger partial charge in [0.05, 0.1) is 24.2 Å². The molecule has 4 aromatic rings. The normalized spacial score (nSPS) is 11.0. The van der Waals surface area contributed by atoms with Crippen molar-refractivity contribution in [2.24, 2.45) is 0 Å². The van der Waals surface area contributed by atoms with E-state index in [0.717, 1.165) is 26.4 Å². The summed E-state index contributed by atoms with van der Waals surface area (Å²) in [6.07, 6.45) is -1.24. The van der Waals surface area contributed by atoms with E-state index < -0.39 is 12.2 Å². The van der Waals surface area contributed by atoms with Crippen LogP contribution >= 0.6 is 15.9 Å². The lowest BCUT2D eigenvalue weighted by Crippen LogP contribution is -2.14. The molecule has 1 aromatic heterocycles. The number of rotatable bonds is 4. The van der Waals surface area contributed by atoms with Crippen molar-refractivity contribution >= 4 is 50.0 Å². The number of halogens is 1. The second-order valence-corrected chi connectivity index (χ2v) is 8.03. The molecule has 0 unspecified atom stereocenters. The van der Waals surface area contributed by atoms with Crippen molar-refractivity contribution in [2.45, 2.75) is 20.8 Å². The highest BCUT2D eigenvalue weighted by atomic mass is 79.9. The van der Waals surface area contributed by atoms with Crippen LogP contribution in [-0.4, -0.2) is 30.0 Å². The third-order valence-corrected chi connectivity index (χ3v) is 5.69. The molecule has 0 aliphatic rings. The van der Waals surface area contributed by atoms with Crippen LogP contribution in [0.3, 0.4) is 0 Å². The molecule has 0 amide bonds. The van der Waals surface area contributed by atoms with Gasteiger partial charge in [-0.2, -0.15) is 0 Å². The van der Waals surface area contributed by atoms with Gasteiger partial charge in [0.1, 0.15) is 5.75 Å². The Labute approximate surface area is 193 Å². The molecule has 0 fully saturated rings. The van der Waals surface area contributed by atoms with Crippen molar-refractivity contribution in [3.8, 4) is 16.9 Å². The van der Waals surface area contributed by atoms with Crippen molar-refractivity contribution in [3.05, 3.63) is 64.6 Å². The smallest absolute Gasteiger partial charge is 0.449 e. The van der Waals surface area contributed by atoms with Crippen LogP contribution in [-0.2, 0) is 9.47 Å². The van der Waals surface area contributed by atoms with Gasteiger partial charge in [-0.3, -0.25) is 0 Å². The maximum Gasteiger partial charge on any atom is 0.513 e. The Morgan fingerprint density at radius 3 is 2.34 bits per heavy atom. The van der Waals surface area contributed by atoms with Gasteiger partial charge in [-0.05, 0) is 50.6 Å². The predicted octanol–water partition coefficient (Wildman–Crippen LogP) is 7.07. The summed E-state index contributed by atoms with van der Waals surface area (Å²) < 4.78 is 18.4. The molecule has 0 spiro atoms. The Hall–Kier alpha value is -3.32. The summed E-state index contributed by atoms with van der Waals surface area (Å²) in [6, 6.07) is 17.1. The number of hydrogen-bond acceptors (Lipinski definition) is 5. The molecule has 0 atom stereocenters. The van der Waals surface area contributed by atoms with Crippen molar-refractivity contribution in [2.75, 3.05) is 13.2 Å². The van der Waals surface area contributed by atoms with Crippen LogP contribution < -0.4 is 4.74 Å². The van der Waals surface area contributed by atoms with Crippen molar-refractivity contribution in [3.63, 3.8) is 0 Å². The summed E-state index contributed by atoms with van der Waals surface area (Å²) in [5.41, 5.74) is 3.77. The van der Waals surface area contributed by atoms with E-state index in [1.807, 2.05) is 55.5 Å². The summed E-state index contributed by atoms with van der Waals surface area (Å²) in [7, 11) is 0. The number of ether oxygens (including phenoxy) is 3. The number of nitrogens with zero attached hydrogens (tertiary/aromatic N) is 1. The molecule has 32 heavy (non-hydrogen) atoms. The number of fused-ring (bicyclic) bond motifs is 3. The van der Waals surface area contributed by atoms with Gasteiger partial charge in [0.2, 0.25) is 0 Å². The van der Waals surface area contributed by atoms with E-state index in [0.29, 0.717) is 22.3 Å². The van der Waals surface area contributed by atoms with Crippen LogP contribution in [0.15, 0.2) is 59.1 Å². The molecule has 3 aromatic carbocycles. The summed E-state index contributed by atoms with van der Waals surface area (Å²) in [5, 5.41) is 1.59. The lowest BCUT2D eigenvalue weighted by atomic mass is 9.96. The van der Waals surface area contributed by atoms with E-state index in [2.05, 4.69) is 15.9 Å². The molecule has 4 rings (SSSR count). The Bertz CT molecular complexity index is 1330. The summed E-state index contributed by atoms with van der Waals surface area (Å²) >= 11 is 3.52. The molecule has 0 N–H and O–H groups in total.